The van der Waals surface area contributed by atoms with Gasteiger partial charge in [0.2, 0.25) is 0 Å². The van der Waals surface area contributed by atoms with Gasteiger partial charge in [-0.2, -0.15) is 0 Å². The number of hydrogen-bond donors (Lipinski definition) is 0. The van der Waals surface area contributed by atoms with Crippen LogP contribution in [-0.2, 0) is 0 Å². The summed E-state index contributed by atoms with van der Waals surface area (Å²) in [4.78, 5) is 0. The van der Waals surface area contributed by atoms with Crippen molar-refractivity contribution in [1.29, 1.82) is 0 Å². The van der Waals surface area contributed by atoms with Gasteiger partial charge in [-0.3, -0.25) is 0 Å². The molecular formula is C9H16. The first-order valence-electron chi connectivity index (χ1n) is 4.06. The standard InChI is InChI=1S/C9H16/c1-2-6-9-7-4-3-5-8-9/h1-8H2. The molecule has 0 spiro atoms. The van der Waals surface area contributed by atoms with Gasteiger partial charge in [-0.15, -0.1) is 0 Å². The highest BCUT2D eigenvalue weighted by molar-refractivity contribution is 4.91. The molecule has 0 N–H and O–H groups in total. The molecule has 0 aromatic carbocycles. The summed E-state index contributed by atoms with van der Waals surface area (Å²) in [5, 5.41) is 0. The van der Waals surface area contributed by atoms with Crippen molar-refractivity contribution in [2.24, 2.45) is 0 Å². The Morgan fingerprint density at radius 1 is 1.11 bits per heavy atom. The first-order chi connectivity index (χ1) is 4.43. The third-order valence-electron chi connectivity index (χ3n) is 2.09. The summed E-state index contributed by atoms with van der Waals surface area (Å²) in [5.41, 5.74) is 0. The Kier molecular flexibility index (Phi) is 3.10. The zero-order valence-electron chi connectivity index (χ0n) is 6.16. The average Bonchev–Trinajstić information content (AvgIpc) is 1.91. The third-order valence-corrected chi connectivity index (χ3v) is 2.09. The zero-order valence-corrected chi connectivity index (χ0v) is 6.16. The Labute approximate surface area is 58.7 Å². The molecule has 1 rings (SSSR count). The minimum absolute atomic E-state index is 1.11. The summed E-state index contributed by atoms with van der Waals surface area (Å²) < 4.78 is 0. The number of rotatable bonds is 2. The molecule has 1 fully saturated rings. The molecule has 0 aromatic rings. The molecule has 2 radical (unpaired) electrons. The topological polar surface area (TPSA) is 0 Å². The van der Waals surface area contributed by atoms with Gasteiger partial charge < -0.3 is 0 Å². The van der Waals surface area contributed by atoms with E-state index in [9.17, 15) is 0 Å². The van der Waals surface area contributed by atoms with Gasteiger partial charge in [0.1, 0.15) is 0 Å². The lowest BCUT2D eigenvalue weighted by Gasteiger charge is -2.19. The molecule has 1 aliphatic carbocycles. The normalized spacial score (nSPS) is 22.3. The fourth-order valence-electron chi connectivity index (χ4n) is 1.55. The monoisotopic (exact) mass is 124 g/mol. The van der Waals surface area contributed by atoms with Gasteiger partial charge in [0.15, 0.2) is 0 Å². The van der Waals surface area contributed by atoms with Gasteiger partial charge in [0.05, 0.1) is 0 Å². The number of hydrogen-bond acceptors (Lipinski definition) is 0. The second-order valence-corrected chi connectivity index (χ2v) is 2.91. The fraction of sp³-hybridized carbons (Fsp3) is 0.778. The molecule has 0 unspecified atom stereocenters. The van der Waals surface area contributed by atoms with Crippen molar-refractivity contribution in [3.05, 3.63) is 12.8 Å². The molecule has 0 saturated heterocycles. The van der Waals surface area contributed by atoms with Crippen molar-refractivity contribution in [3.8, 4) is 0 Å². The largest absolute Gasteiger partial charge is 0.0533 e. The van der Waals surface area contributed by atoms with E-state index in [0.29, 0.717) is 0 Å². The van der Waals surface area contributed by atoms with Gasteiger partial charge in [0.25, 0.3) is 0 Å². The van der Waals surface area contributed by atoms with E-state index < -0.39 is 0 Å². The SMILES string of the molecule is [CH2]CC[C]1CCCCC1. The second-order valence-electron chi connectivity index (χ2n) is 2.91. The lowest BCUT2D eigenvalue weighted by molar-refractivity contribution is 0.507. The highest BCUT2D eigenvalue weighted by Gasteiger charge is 2.11. The van der Waals surface area contributed by atoms with Crippen LogP contribution in [0.15, 0.2) is 0 Å². The van der Waals surface area contributed by atoms with E-state index in [4.69, 9.17) is 0 Å². The van der Waals surface area contributed by atoms with E-state index in [1.54, 1.807) is 5.92 Å². The predicted octanol–water partition coefficient (Wildman–Crippen LogP) is 3.14. The maximum absolute atomic E-state index is 3.86. The highest BCUT2D eigenvalue weighted by atomic mass is 14.2. The van der Waals surface area contributed by atoms with Gasteiger partial charge in [0, 0.05) is 0 Å². The van der Waals surface area contributed by atoms with Crippen LogP contribution in [0.5, 0.6) is 0 Å². The van der Waals surface area contributed by atoms with E-state index >= 15 is 0 Å². The molecule has 0 heteroatoms. The Balaban J connectivity index is 2.08. The van der Waals surface area contributed by atoms with Crippen LogP contribution in [0.3, 0.4) is 0 Å². The summed E-state index contributed by atoms with van der Waals surface area (Å²) in [6.07, 6.45) is 9.53. The van der Waals surface area contributed by atoms with E-state index in [1.165, 1.54) is 38.5 Å². The molecule has 1 aliphatic rings. The molecule has 9 heavy (non-hydrogen) atoms. The van der Waals surface area contributed by atoms with Crippen LogP contribution in [0, 0.1) is 12.8 Å². The Morgan fingerprint density at radius 2 is 1.78 bits per heavy atom. The molecule has 0 aromatic heterocycles. The van der Waals surface area contributed by atoms with E-state index in [2.05, 4.69) is 6.92 Å². The predicted molar refractivity (Wildman–Crippen MR) is 40.9 cm³/mol. The molecule has 0 aliphatic heterocycles. The molecule has 0 atom stereocenters. The van der Waals surface area contributed by atoms with Crippen LogP contribution < -0.4 is 0 Å². The van der Waals surface area contributed by atoms with Gasteiger partial charge in [-0.25, -0.2) is 0 Å². The Hall–Kier alpha value is 0. The minimum Gasteiger partial charge on any atom is -0.0533 e. The molecule has 0 bridgehead atoms. The van der Waals surface area contributed by atoms with Crippen LogP contribution in [0.25, 0.3) is 0 Å². The van der Waals surface area contributed by atoms with Crippen molar-refractivity contribution < 1.29 is 0 Å². The maximum atomic E-state index is 3.86. The molecule has 0 amide bonds. The van der Waals surface area contributed by atoms with Crippen molar-refractivity contribution in [2.75, 3.05) is 0 Å². The molecule has 0 heterocycles. The minimum atomic E-state index is 1.11. The Bertz CT molecular complexity index is 57.7. The molecule has 0 nitrogen and oxygen atoms in total. The van der Waals surface area contributed by atoms with Crippen molar-refractivity contribution in [2.45, 2.75) is 44.9 Å². The Morgan fingerprint density at radius 3 is 2.33 bits per heavy atom. The van der Waals surface area contributed by atoms with Crippen molar-refractivity contribution in [3.63, 3.8) is 0 Å². The van der Waals surface area contributed by atoms with Gasteiger partial charge in [-0.05, 0) is 25.2 Å². The van der Waals surface area contributed by atoms with Crippen LogP contribution in [0.4, 0.5) is 0 Å². The van der Waals surface area contributed by atoms with Gasteiger partial charge in [-0.1, -0.05) is 32.6 Å². The van der Waals surface area contributed by atoms with Crippen LogP contribution >= 0.6 is 0 Å². The molecule has 1 saturated carbocycles. The van der Waals surface area contributed by atoms with E-state index in [1.807, 2.05) is 0 Å². The fourth-order valence-corrected chi connectivity index (χ4v) is 1.55. The zero-order chi connectivity index (χ0) is 6.53. The highest BCUT2D eigenvalue weighted by Crippen LogP contribution is 2.28. The summed E-state index contributed by atoms with van der Waals surface area (Å²) in [5.74, 6) is 1.77. The van der Waals surface area contributed by atoms with E-state index in [0.717, 1.165) is 6.42 Å². The first-order valence-corrected chi connectivity index (χ1v) is 4.06. The van der Waals surface area contributed by atoms with E-state index in [-0.39, 0.29) is 0 Å². The van der Waals surface area contributed by atoms with Crippen molar-refractivity contribution >= 4 is 0 Å². The third kappa shape index (κ3) is 2.38. The quantitative estimate of drug-likeness (QED) is 0.530. The van der Waals surface area contributed by atoms with Crippen molar-refractivity contribution in [1.82, 2.24) is 0 Å². The molecule has 52 valence electrons. The average molecular weight is 124 g/mol. The smallest absolute Gasteiger partial charge is 0.0241 e. The summed E-state index contributed by atoms with van der Waals surface area (Å²) in [6.45, 7) is 3.86. The van der Waals surface area contributed by atoms with Crippen LogP contribution in [-0.4, -0.2) is 0 Å². The summed E-state index contributed by atoms with van der Waals surface area (Å²) >= 11 is 0. The summed E-state index contributed by atoms with van der Waals surface area (Å²) in [6, 6.07) is 0. The second kappa shape index (κ2) is 3.92. The lowest BCUT2D eigenvalue weighted by atomic mass is 9.86. The lowest BCUT2D eigenvalue weighted by Crippen LogP contribution is -2.02. The maximum Gasteiger partial charge on any atom is -0.0241 e. The first kappa shape index (κ1) is 7.11. The molecular weight excluding hydrogens is 108 g/mol. The van der Waals surface area contributed by atoms with Crippen LogP contribution in [0.2, 0.25) is 0 Å². The van der Waals surface area contributed by atoms with Gasteiger partial charge >= 0.3 is 0 Å². The van der Waals surface area contributed by atoms with Crippen LogP contribution in [0.1, 0.15) is 44.9 Å². The summed E-state index contributed by atoms with van der Waals surface area (Å²) in [7, 11) is 0.